The first-order chi connectivity index (χ1) is 15.4. The molecule has 2 aromatic heterocycles. The Hall–Kier alpha value is -4.07. The molecule has 0 unspecified atom stereocenters. The summed E-state index contributed by atoms with van der Waals surface area (Å²) in [6, 6.07) is 13.2. The third kappa shape index (κ3) is 3.82. The van der Waals surface area contributed by atoms with Crippen LogP contribution in [0, 0.1) is 12.7 Å². The van der Waals surface area contributed by atoms with Crippen molar-refractivity contribution in [3.63, 3.8) is 0 Å². The molecule has 2 aromatic carbocycles. The highest BCUT2D eigenvalue weighted by Crippen LogP contribution is 2.31. The van der Waals surface area contributed by atoms with Crippen LogP contribution in [0.25, 0.3) is 27.6 Å². The lowest BCUT2D eigenvalue weighted by atomic mass is 9.97. The molecular formula is C24H20FN3O4. The van der Waals surface area contributed by atoms with Crippen molar-refractivity contribution in [3.8, 4) is 22.7 Å². The van der Waals surface area contributed by atoms with Crippen molar-refractivity contribution in [1.82, 2.24) is 14.8 Å². The van der Waals surface area contributed by atoms with Gasteiger partial charge in [-0.05, 0) is 30.7 Å². The normalized spacial score (nSPS) is 10.9. The second kappa shape index (κ2) is 8.58. The summed E-state index contributed by atoms with van der Waals surface area (Å²) in [5.41, 5.74) is 2.49. The number of rotatable bonds is 5. The molecule has 4 rings (SSSR count). The number of aromatic nitrogens is 3. The molecule has 0 atom stereocenters. The molecule has 0 N–H and O–H groups in total. The fourth-order valence-corrected chi connectivity index (χ4v) is 3.61. The van der Waals surface area contributed by atoms with E-state index in [0.717, 1.165) is 10.2 Å². The number of ether oxygens (including phenoxy) is 2. The van der Waals surface area contributed by atoms with Crippen LogP contribution in [0.3, 0.4) is 0 Å². The summed E-state index contributed by atoms with van der Waals surface area (Å²) in [7, 11) is 1.53. The van der Waals surface area contributed by atoms with Gasteiger partial charge in [0.05, 0.1) is 24.4 Å². The van der Waals surface area contributed by atoms with Crippen LogP contribution < -0.4 is 10.3 Å². The third-order valence-corrected chi connectivity index (χ3v) is 5.12. The average Bonchev–Trinajstić information content (AvgIpc) is 2.78. The first kappa shape index (κ1) is 21.2. The van der Waals surface area contributed by atoms with Crippen LogP contribution in [0.5, 0.6) is 5.88 Å². The van der Waals surface area contributed by atoms with E-state index in [2.05, 4.69) is 10.1 Å². The topological polar surface area (TPSA) is 83.3 Å². The van der Waals surface area contributed by atoms with E-state index in [1.54, 1.807) is 24.3 Å². The quantitative estimate of drug-likeness (QED) is 0.443. The largest absolute Gasteiger partial charge is 0.481 e. The zero-order valence-electron chi connectivity index (χ0n) is 17.8. The van der Waals surface area contributed by atoms with Crippen molar-refractivity contribution in [2.45, 2.75) is 20.5 Å². The molecule has 0 spiro atoms. The van der Waals surface area contributed by atoms with Gasteiger partial charge in [-0.15, -0.1) is 0 Å². The van der Waals surface area contributed by atoms with Crippen LogP contribution in [-0.4, -0.2) is 27.8 Å². The van der Waals surface area contributed by atoms with Crippen LogP contribution in [0.1, 0.15) is 18.2 Å². The Bertz CT molecular complexity index is 1400. The van der Waals surface area contributed by atoms with E-state index in [1.165, 1.54) is 32.4 Å². The molecule has 0 bridgehead atoms. The number of methoxy groups -OCH3 is 1. The van der Waals surface area contributed by atoms with Gasteiger partial charge in [0.1, 0.15) is 12.4 Å². The average molecular weight is 433 g/mol. The van der Waals surface area contributed by atoms with Gasteiger partial charge in [0.25, 0.3) is 5.56 Å². The maximum atomic E-state index is 14.4. The van der Waals surface area contributed by atoms with Gasteiger partial charge in [-0.2, -0.15) is 9.78 Å². The first-order valence-corrected chi connectivity index (χ1v) is 9.85. The minimum atomic E-state index is -0.628. The van der Waals surface area contributed by atoms with Crippen molar-refractivity contribution in [2.24, 2.45) is 0 Å². The molecule has 2 heterocycles. The molecular weight excluding hydrogens is 413 g/mol. The van der Waals surface area contributed by atoms with Crippen molar-refractivity contribution >= 4 is 16.7 Å². The number of benzene rings is 2. The maximum Gasteiger partial charge on any atom is 0.302 e. The SMILES string of the molecule is COc1ccc(-c2cccc(-n3ncc4cccc(F)c4c3=O)c2COC(C)=O)c(C)n1. The molecule has 0 aliphatic carbocycles. The summed E-state index contributed by atoms with van der Waals surface area (Å²) in [6.45, 7) is 3.03. The molecule has 0 radical (unpaired) electrons. The number of carbonyl (C=O) groups excluding carboxylic acids is 1. The van der Waals surface area contributed by atoms with Gasteiger partial charge in [-0.3, -0.25) is 9.59 Å². The van der Waals surface area contributed by atoms with Crippen molar-refractivity contribution in [2.75, 3.05) is 7.11 Å². The number of esters is 1. The molecule has 162 valence electrons. The Kier molecular flexibility index (Phi) is 5.68. The third-order valence-electron chi connectivity index (χ3n) is 5.12. The highest BCUT2D eigenvalue weighted by molar-refractivity contribution is 5.82. The lowest BCUT2D eigenvalue weighted by Crippen LogP contribution is -2.23. The molecule has 0 aliphatic rings. The van der Waals surface area contributed by atoms with Crippen molar-refractivity contribution in [1.29, 1.82) is 0 Å². The molecule has 8 heteroatoms. The zero-order valence-corrected chi connectivity index (χ0v) is 17.8. The number of hydrogen-bond donors (Lipinski definition) is 0. The number of carbonyl (C=O) groups is 1. The zero-order chi connectivity index (χ0) is 22.8. The van der Waals surface area contributed by atoms with Crippen LogP contribution in [0.15, 0.2) is 59.5 Å². The van der Waals surface area contributed by atoms with Crippen molar-refractivity contribution < 1.29 is 18.7 Å². The summed E-state index contributed by atoms with van der Waals surface area (Å²) in [5.74, 6) is -0.636. The predicted octanol–water partition coefficient (Wildman–Crippen LogP) is 3.97. The highest BCUT2D eigenvalue weighted by atomic mass is 19.1. The lowest BCUT2D eigenvalue weighted by Gasteiger charge is -2.17. The summed E-state index contributed by atoms with van der Waals surface area (Å²) >= 11 is 0. The van der Waals surface area contributed by atoms with Gasteiger partial charge in [0.2, 0.25) is 5.88 Å². The van der Waals surface area contributed by atoms with Crippen LogP contribution in [-0.2, 0) is 16.1 Å². The lowest BCUT2D eigenvalue weighted by molar-refractivity contribution is -0.142. The van der Waals surface area contributed by atoms with E-state index in [4.69, 9.17) is 9.47 Å². The summed E-state index contributed by atoms with van der Waals surface area (Å²) in [4.78, 5) is 29.1. The minimum absolute atomic E-state index is 0.0614. The standard InChI is InChI=1S/C24H20FN3O4/c1-14-17(10-11-22(27-14)31-3)18-7-5-9-21(19(18)13-32-15(2)29)28-24(30)23-16(12-26-28)6-4-8-20(23)25/h4-12H,13H2,1-3H3. The van der Waals surface area contributed by atoms with Crippen LogP contribution in [0.2, 0.25) is 0 Å². The molecule has 7 nitrogen and oxygen atoms in total. The van der Waals surface area contributed by atoms with E-state index in [9.17, 15) is 14.0 Å². The molecule has 32 heavy (non-hydrogen) atoms. The smallest absolute Gasteiger partial charge is 0.302 e. The Labute approximate surface area is 183 Å². The summed E-state index contributed by atoms with van der Waals surface area (Å²) < 4.78 is 26.0. The van der Waals surface area contributed by atoms with Gasteiger partial charge in [0.15, 0.2) is 0 Å². The molecule has 0 amide bonds. The molecule has 0 saturated heterocycles. The predicted molar refractivity (Wildman–Crippen MR) is 117 cm³/mol. The Morgan fingerprint density at radius 1 is 1.09 bits per heavy atom. The Morgan fingerprint density at radius 2 is 1.88 bits per heavy atom. The van der Waals surface area contributed by atoms with Crippen LogP contribution >= 0.6 is 0 Å². The van der Waals surface area contributed by atoms with Crippen LogP contribution in [0.4, 0.5) is 4.39 Å². The second-order valence-corrected chi connectivity index (χ2v) is 7.14. The molecule has 0 saturated carbocycles. The Balaban J connectivity index is 1.98. The van der Waals surface area contributed by atoms with E-state index in [0.29, 0.717) is 33.8 Å². The minimum Gasteiger partial charge on any atom is -0.481 e. The maximum absolute atomic E-state index is 14.4. The number of pyridine rings is 1. The fourth-order valence-electron chi connectivity index (χ4n) is 3.61. The molecule has 4 aromatic rings. The second-order valence-electron chi connectivity index (χ2n) is 7.14. The van der Waals surface area contributed by atoms with E-state index in [1.807, 2.05) is 19.1 Å². The number of hydrogen-bond acceptors (Lipinski definition) is 6. The first-order valence-electron chi connectivity index (χ1n) is 9.85. The summed E-state index contributed by atoms with van der Waals surface area (Å²) in [5, 5.41) is 4.59. The number of nitrogens with zero attached hydrogens (tertiary/aromatic N) is 3. The van der Waals surface area contributed by atoms with Gasteiger partial charge >= 0.3 is 5.97 Å². The number of fused-ring (bicyclic) bond motifs is 1. The van der Waals surface area contributed by atoms with Gasteiger partial charge in [-0.1, -0.05) is 24.3 Å². The fraction of sp³-hybridized carbons (Fsp3) is 0.167. The van der Waals surface area contributed by atoms with Gasteiger partial charge < -0.3 is 9.47 Å². The van der Waals surface area contributed by atoms with Gasteiger partial charge in [0, 0.05) is 35.2 Å². The van der Waals surface area contributed by atoms with E-state index in [-0.39, 0.29) is 12.0 Å². The number of aryl methyl sites for hydroxylation is 1. The number of halogens is 1. The van der Waals surface area contributed by atoms with Gasteiger partial charge in [-0.25, -0.2) is 9.37 Å². The Morgan fingerprint density at radius 3 is 2.59 bits per heavy atom. The van der Waals surface area contributed by atoms with E-state index >= 15 is 0 Å². The monoisotopic (exact) mass is 433 g/mol. The highest BCUT2D eigenvalue weighted by Gasteiger charge is 2.18. The molecule has 0 aliphatic heterocycles. The molecule has 0 fully saturated rings. The summed E-state index contributed by atoms with van der Waals surface area (Å²) in [6.07, 6.45) is 1.43. The van der Waals surface area contributed by atoms with Crippen molar-refractivity contribution in [3.05, 3.63) is 82.2 Å². The van der Waals surface area contributed by atoms with E-state index < -0.39 is 17.3 Å².